The van der Waals surface area contributed by atoms with Crippen LogP contribution in [0.15, 0.2) is 64.0 Å². The number of hydrogen-bond donors (Lipinski definition) is 1. The number of hydrogen-bond acceptors (Lipinski definition) is 6. The van der Waals surface area contributed by atoms with Crippen molar-refractivity contribution in [3.05, 3.63) is 82.7 Å². The van der Waals surface area contributed by atoms with Gasteiger partial charge in [-0.25, -0.2) is 13.1 Å². The maximum atomic E-state index is 13.5. The molecule has 34 heavy (non-hydrogen) atoms. The van der Waals surface area contributed by atoms with Crippen LogP contribution in [0.1, 0.15) is 46.3 Å². The number of aryl methyl sites for hydroxylation is 4. The summed E-state index contributed by atoms with van der Waals surface area (Å²) < 4.78 is 32.7. The number of nitrogens with one attached hydrogen (secondary N) is 1. The number of amides is 2. The Bertz CT molecular complexity index is 1310. The SMILES string of the molecule is Cc1noc(C)c1S(=O)(=O)NC(=O)C1(C)CCN1C(=O)c1ccccc1CCc1ccccc1. The summed E-state index contributed by atoms with van der Waals surface area (Å²) in [6, 6.07) is 17.3. The molecule has 1 fully saturated rings. The van der Waals surface area contributed by atoms with Crippen molar-refractivity contribution in [3.63, 3.8) is 0 Å². The smallest absolute Gasteiger partial charge is 0.269 e. The Hall–Kier alpha value is -3.46. The lowest BCUT2D eigenvalue weighted by Crippen LogP contribution is -2.67. The van der Waals surface area contributed by atoms with Crippen LogP contribution in [0.25, 0.3) is 0 Å². The molecular formula is C25H27N3O5S. The fourth-order valence-corrected chi connectivity index (χ4v) is 5.69. The first-order valence-electron chi connectivity index (χ1n) is 11.1. The molecule has 2 amide bonds. The van der Waals surface area contributed by atoms with Gasteiger partial charge in [-0.1, -0.05) is 53.7 Å². The van der Waals surface area contributed by atoms with Gasteiger partial charge in [0.2, 0.25) is 0 Å². The maximum Gasteiger partial charge on any atom is 0.269 e. The van der Waals surface area contributed by atoms with Crippen LogP contribution >= 0.6 is 0 Å². The predicted molar refractivity (Wildman–Crippen MR) is 126 cm³/mol. The second-order valence-corrected chi connectivity index (χ2v) is 10.3. The zero-order valence-corrected chi connectivity index (χ0v) is 20.2. The van der Waals surface area contributed by atoms with Gasteiger partial charge in [0.05, 0.1) is 0 Å². The average molecular weight is 482 g/mol. The van der Waals surface area contributed by atoms with E-state index in [1.54, 1.807) is 19.1 Å². The van der Waals surface area contributed by atoms with Crippen molar-refractivity contribution in [3.8, 4) is 0 Å². The van der Waals surface area contributed by atoms with Crippen molar-refractivity contribution < 1.29 is 22.5 Å². The van der Waals surface area contributed by atoms with Gasteiger partial charge in [-0.15, -0.1) is 0 Å². The molecule has 1 N–H and O–H groups in total. The van der Waals surface area contributed by atoms with E-state index in [4.69, 9.17) is 4.52 Å². The van der Waals surface area contributed by atoms with E-state index in [1.807, 2.05) is 42.5 Å². The topological polar surface area (TPSA) is 110 Å². The molecule has 4 rings (SSSR count). The Morgan fingerprint density at radius 2 is 1.74 bits per heavy atom. The molecule has 8 nitrogen and oxygen atoms in total. The van der Waals surface area contributed by atoms with E-state index in [0.29, 0.717) is 24.9 Å². The molecule has 1 aliphatic rings. The summed E-state index contributed by atoms with van der Waals surface area (Å²) in [5, 5.41) is 3.65. The first-order valence-corrected chi connectivity index (χ1v) is 12.6. The average Bonchev–Trinajstić information content (AvgIpc) is 3.15. The standard InChI is InChI=1S/C25H27N3O5S/c1-17-22(18(2)33-26-17)34(31,32)27-24(30)25(3)15-16-28(25)23(29)21-12-8-7-11-20(21)14-13-19-9-5-4-6-10-19/h4-12H,13-16H2,1-3H3,(H,27,30). The number of carbonyl (C=O) groups is 2. The van der Waals surface area contributed by atoms with E-state index in [1.165, 1.54) is 24.3 Å². The van der Waals surface area contributed by atoms with Crippen molar-refractivity contribution in [1.29, 1.82) is 0 Å². The zero-order valence-electron chi connectivity index (χ0n) is 19.4. The quantitative estimate of drug-likeness (QED) is 0.555. The van der Waals surface area contributed by atoms with Gasteiger partial charge >= 0.3 is 0 Å². The van der Waals surface area contributed by atoms with Crippen LogP contribution in [0.2, 0.25) is 0 Å². The zero-order chi connectivity index (χ0) is 24.5. The van der Waals surface area contributed by atoms with Gasteiger partial charge in [-0.2, -0.15) is 0 Å². The number of benzene rings is 2. The van der Waals surface area contributed by atoms with Crippen LogP contribution in [0.4, 0.5) is 0 Å². The molecule has 0 radical (unpaired) electrons. The van der Waals surface area contributed by atoms with Crippen LogP contribution < -0.4 is 4.72 Å². The van der Waals surface area contributed by atoms with E-state index >= 15 is 0 Å². The minimum atomic E-state index is -4.19. The Kier molecular flexibility index (Phi) is 6.31. The largest absolute Gasteiger partial charge is 0.360 e. The van der Waals surface area contributed by atoms with E-state index < -0.39 is 21.5 Å². The van der Waals surface area contributed by atoms with Gasteiger partial charge in [-0.05, 0) is 57.2 Å². The van der Waals surface area contributed by atoms with Gasteiger partial charge in [0.1, 0.15) is 11.2 Å². The molecule has 0 aliphatic carbocycles. The Morgan fingerprint density at radius 1 is 1.06 bits per heavy atom. The molecule has 1 aliphatic heterocycles. The number of nitrogens with zero attached hydrogens (tertiary/aromatic N) is 2. The molecule has 0 bridgehead atoms. The third kappa shape index (κ3) is 4.35. The summed E-state index contributed by atoms with van der Waals surface area (Å²) in [5.74, 6) is -0.951. The molecule has 1 unspecified atom stereocenters. The number of likely N-dealkylation sites (tertiary alicyclic amines) is 1. The highest BCUT2D eigenvalue weighted by molar-refractivity contribution is 7.90. The summed E-state index contributed by atoms with van der Waals surface area (Å²) in [7, 11) is -4.19. The number of carbonyl (C=O) groups excluding carboxylic acids is 2. The highest BCUT2D eigenvalue weighted by Gasteiger charge is 2.51. The van der Waals surface area contributed by atoms with E-state index in [9.17, 15) is 18.0 Å². The molecule has 3 aromatic rings. The fourth-order valence-electron chi connectivity index (χ4n) is 4.28. The van der Waals surface area contributed by atoms with Crippen molar-refractivity contribution >= 4 is 21.8 Å². The number of sulfonamides is 1. The lowest BCUT2D eigenvalue weighted by molar-refractivity contribution is -0.135. The third-order valence-electron chi connectivity index (χ3n) is 6.39. The second kappa shape index (κ2) is 9.06. The van der Waals surface area contributed by atoms with Crippen molar-refractivity contribution in [2.24, 2.45) is 0 Å². The van der Waals surface area contributed by atoms with Gasteiger partial charge in [0, 0.05) is 12.1 Å². The van der Waals surface area contributed by atoms with Gasteiger partial charge < -0.3 is 9.42 Å². The van der Waals surface area contributed by atoms with Gasteiger partial charge in [-0.3, -0.25) is 9.59 Å². The minimum Gasteiger partial charge on any atom is -0.360 e. The van der Waals surface area contributed by atoms with Crippen LogP contribution in [-0.4, -0.2) is 42.4 Å². The maximum absolute atomic E-state index is 13.5. The Balaban J connectivity index is 1.52. The molecule has 1 aromatic heterocycles. The minimum absolute atomic E-state index is 0.0943. The lowest BCUT2D eigenvalue weighted by atomic mass is 9.84. The van der Waals surface area contributed by atoms with E-state index in [2.05, 4.69) is 9.88 Å². The summed E-state index contributed by atoms with van der Waals surface area (Å²) >= 11 is 0. The molecule has 0 spiro atoms. The first-order chi connectivity index (χ1) is 16.1. The van der Waals surface area contributed by atoms with Crippen molar-refractivity contribution in [2.45, 2.75) is 50.5 Å². The monoisotopic (exact) mass is 481 g/mol. The van der Waals surface area contributed by atoms with Crippen LogP contribution in [0.3, 0.4) is 0 Å². The third-order valence-corrected chi connectivity index (χ3v) is 7.96. The van der Waals surface area contributed by atoms with Crippen molar-refractivity contribution in [2.75, 3.05) is 6.54 Å². The molecule has 0 saturated carbocycles. The van der Waals surface area contributed by atoms with Crippen molar-refractivity contribution in [1.82, 2.24) is 14.8 Å². The van der Waals surface area contributed by atoms with Crippen LogP contribution in [0.5, 0.6) is 0 Å². The molecule has 178 valence electrons. The summed E-state index contributed by atoms with van der Waals surface area (Å²) in [5.41, 5.74) is 1.45. The summed E-state index contributed by atoms with van der Waals surface area (Å²) in [6.45, 7) is 4.90. The Morgan fingerprint density at radius 3 is 2.35 bits per heavy atom. The number of aromatic nitrogens is 1. The highest BCUT2D eigenvalue weighted by atomic mass is 32.2. The molecule has 1 atom stereocenters. The van der Waals surface area contributed by atoms with Crippen LogP contribution in [0, 0.1) is 13.8 Å². The second-order valence-electron chi connectivity index (χ2n) is 8.71. The van der Waals surface area contributed by atoms with E-state index in [-0.39, 0.29) is 22.3 Å². The highest BCUT2D eigenvalue weighted by Crippen LogP contribution is 2.33. The van der Waals surface area contributed by atoms with Gasteiger partial charge in [0.25, 0.3) is 21.8 Å². The Labute approximate surface area is 199 Å². The molecule has 9 heteroatoms. The summed E-state index contributed by atoms with van der Waals surface area (Å²) in [6.07, 6.45) is 1.80. The lowest BCUT2D eigenvalue weighted by Gasteiger charge is -2.49. The van der Waals surface area contributed by atoms with Gasteiger partial charge in [0.15, 0.2) is 10.7 Å². The molecule has 1 saturated heterocycles. The normalized spacial score (nSPS) is 17.8. The molecular weight excluding hydrogens is 454 g/mol. The summed E-state index contributed by atoms with van der Waals surface area (Å²) in [4.78, 5) is 27.8. The molecule has 2 aromatic carbocycles. The number of rotatable bonds is 7. The van der Waals surface area contributed by atoms with E-state index in [0.717, 1.165) is 12.0 Å². The first kappa shape index (κ1) is 23.7. The molecule has 2 heterocycles. The predicted octanol–water partition coefficient (Wildman–Crippen LogP) is 3.19. The van der Waals surface area contributed by atoms with Crippen LogP contribution in [-0.2, 0) is 27.7 Å². The fraction of sp³-hybridized carbons (Fsp3) is 0.320.